The van der Waals surface area contributed by atoms with E-state index in [-0.39, 0.29) is 31.5 Å². The lowest BCUT2D eigenvalue weighted by Crippen LogP contribution is -2.69. The molecule has 2 amide bonds. The summed E-state index contributed by atoms with van der Waals surface area (Å²) in [6, 6.07) is 14.4. The van der Waals surface area contributed by atoms with Crippen molar-refractivity contribution in [3.8, 4) is 5.75 Å². The van der Waals surface area contributed by atoms with Crippen molar-refractivity contribution >= 4 is 18.0 Å². The van der Waals surface area contributed by atoms with Crippen LogP contribution in [-0.4, -0.2) is 70.8 Å². The Balaban J connectivity index is 2.06. The van der Waals surface area contributed by atoms with E-state index < -0.39 is 29.1 Å². The standard InChI is InChI=1S/C29H38N2O6/c1-27(2,3)22-14-13-21(17-23(22)36-7)24(32)31-16-15-30(26(35)37-28(4,5)6)19-29(31,25(33)34)18-20-11-9-8-10-12-20/h8-14,17H,15-16,18-19H2,1-7H3,(H,33,34). The molecule has 1 unspecified atom stereocenters. The number of benzene rings is 2. The molecule has 2 aromatic rings. The van der Waals surface area contributed by atoms with E-state index in [1.54, 1.807) is 40.0 Å². The maximum atomic E-state index is 13.9. The van der Waals surface area contributed by atoms with Crippen LogP contribution in [0.2, 0.25) is 0 Å². The van der Waals surface area contributed by atoms with Crippen LogP contribution >= 0.6 is 0 Å². The van der Waals surface area contributed by atoms with E-state index in [4.69, 9.17) is 9.47 Å². The molecule has 200 valence electrons. The van der Waals surface area contributed by atoms with Gasteiger partial charge in [-0.1, -0.05) is 57.2 Å². The van der Waals surface area contributed by atoms with Gasteiger partial charge in [0.2, 0.25) is 0 Å². The van der Waals surface area contributed by atoms with E-state index >= 15 is 0 Å². The molecule has 1 N–H and O–H groups in total. The van der Waals surface area contributed by atoms with E-state index in [9.17, 15) is 19.5 Å². The highest BCUT2D eigenvalue weighted by Crippen LogP contribution is 2.34. The molecule has 2 aromatic carbocycles. The van der Waals surface area contributed by atoms with Gasteiger partial charge in [0.25, 0.3) is 5.91 Å². The fourth-order valence-corrected chi connectivity index (χ4v) is 4.64. The average Bonchev–Trinajstić information content (AvgIpc) is 2.82. The van der Waals surface area contributed by atoms with Gasteiger partial charge in [0, 0.05) is 25.1 Å². The number of carboxylic acids is 1. The van der Waals surface area contributed by atoms with Gasteiger partial charge in [0.1, 0.15) is 11.4 Å². The molecule has 1 fully saturated rings. The third-order valence-corrected chi connectivity index (χ3v) is 6.45. The van der Waals surface area contributed by atoms with Crippen LogP contribution in [0.5, 0.6) is 5.75 Å². The van der Waals surface area contributed by atoms with Gasteiger partial charge >= 0.3 is 12.1 Å². The van der Waals surface area contributed by atoms with Crippen molar-refractivity contribution in [2.24, 2.45) is 0 Å². The second-order valence-corrected chi connectivity index (χ2v) is 11.5. The highest BCUT2D eigenvalue weighted by Gasteiger charge is 2.52. The summed E-state index contributed by atoms with van der Waals surface area (Å²) < 4.78 is 11.1. The summed E-state index contributed by atoms with van der Waals surface area (Å²) in [5, 5.41) is 10.6. The van der Waals surface area contributed by atoms with Gasteiger partial charge in [-0.3, -0.25) is 4.79 Å². The lowest BCUT2D eigenvalue weighted by molar-refractivity contribution is -0.153. The minimum Gasteiger partial charge on any atom is -0.496 e. The normalized spacial score (nSPS) is 18.4. The number of aliphatic carboxylic acids is 1. The Bertz CT molecular complexity index is 1150. The monoisotopic (exact) mass is 510 g/mol. The van der Waals surface area contributed by atoms with Crippen LogP contribution in [0.15, 0.2) is 48.5 Å². The lowest BCUT2D eigenvalue weighted by atomic mass is 9.84. The van der Waals surface area contributed by atoms with Crippen LogP contribution in [0, 0.1) is 0 Å². The zero-order chi connectivity index (χ0) is 27.6. The molecule has 1 saturated heterocycles. The minimum atomic E-state index is -1.69. The van der Waals surface area contributed by atoms with Crippen LogP contribution in [-0.2, 0) is 21.4 Å². The van der Waals surface area contributed by atoms with E-state index in [0.29, 0.717) is 11.3 Å². The van der Waals surface area contributed by atoms with E-state index in [2.05, 4.69) is 20.8 Å². The summed E-state index contributed by atoms with van der Waals surface area (Å²) in [4.78, 5) is 42.6. The molecule has 8 nitrogen and oxygen atoms in total. The summed E-state index contributed by atoms with van der Waals surface area (Å²) in [7, 11) is 1.55. The van der Waals surface area contributed by atoms with Crippen molar-refractivity contribution in [2.75, 3.05) is 26.7 Å². The third-order valence-electron chi connectivity index (χ3n) is 6.45. The number of methoxy groups -OCH3 is 1. The quantitative estimate of drug-likeness (QED) is 0.624. The number of hydrogen-bond donors (Lipinski definition) is 1. The summed E-state index contributed by atoms with van der Waals surface area (Å²) >= 11 is 0. The Hall–Kier alpha value is -3.55. The highest BCUT2D eigenvalue weighted by atomic mass is 16.6. The first-order valence-corrected chi connectivity index (χ1v) is 12.4. The zero-order valence-corrected chi connectivity index (χ0v) is 22.8. The maximum Gasteiger partial charge on any atom is 0.410 e. The number of ether oxygens (including phenoxy) is 2. The van der Waals surface area contributed by atoms with Gasteiger partial charge in [-0.2, -0.15) is 0 Å². The summed E-state index contributed by atoms with van der Waals surface area (Å²) in [6.07, 6.45) is -0.569. The van der Waals surface area contributed by atoms with Crippen LogP contribution < -0.4 is 4.74 Å². The molecule has 0 saturated carbocycles. The Kier molecular flexibility index (Phi) is 7.91. The first-order valence-electron chi connectivity index (χ1n) is 12.4. The molecule has 1 atom stereocenters. The van der Waals surface area contributed by atoms with Gasteiger partial charge in [-0.15, -0.1) is 0 Å². The zero-order valence-electron chi connectivity index (χ0n) is 22.8. The van der Waals surface area contributed by atoms with Gasteiger partial charge in [0.15, 0.2) is 5.54 Å². The van der Waals surface area contributed by atoms with Crippen molar-refractivity contribution in [3.63, 3.8) is 0 Å². The van der Waals surface area contributed by atoms with Gasteiger partial charge in [0.05, 0.1) is 13.7 Å². The number of piperazine rings is 1. The van der Waals surface area contributed by atoms with Crippen LogP contribution in [0.3, 0.4) is 0 Å². The molecule has 0 aromatic heterocycles. The molecule has 0 bridgehead atoms. The van der Waals surface area contributed by atoms with Crippen LogP contribution in [0.1, 0.15) is 63.0 Å². The minimum absolute atomic E-state index is 0.0332. The van der Waals surface area contributed by atoms with E-state index in [1.165, 1.54) is 9.80 Å². The van der Waals surface area contributed by atoms with E-state index in [1.807, 2.05) is 36.4 Å². The smallest absolute Gasteiger partial charge is 0.410 e. The molecule has 0 spiro atoms. The lowest BCUT2D eigenvalue weighted by Gasteiger charge is -2.48. The fourth-order valence-electron chi connectivity index (χ4n) is 4.64. The number of hydrogen-bond acceptors (Lipinski definition) is 5. The molecule has 37 heavy (non-hydrogen) atoms. The Labute approximate surface area is 219 Å². The summed E-state index contributed by atoms with van der Waals surface area (Å²) in [5.41, 5.74) is -0.618. The van der Waals surface area contributed by atoms with E-state index in [0.717, 1.165) is 11.1 Å². The van der Waals surface area contributed by atoms with Crippen molar-refractivity contribution in [1.82, 2.24) is 9.80 Å². The topological polar surface area (TPSA) is 96.4 Å². The number of carboxylic acid groups (broad SMARTS) is 1. The molecule has 1 heterocycles. The van der Waals surface area contributed by atoms with Crippen molar-refractivity contribution < 1.29 is 29.0 Å². The number of carbonyl (C=O) groups is 3. The molecular formula is C29H38N2O6. The van der Waals surface area contributed by atoms with Crippen LogP contribution in [0.25, 0.3) is 0 Å². The number of amides is 2. The van der Waals surface area contributed by atoms with Gasteiger partial charge < -0.3 is 24.4 Å². The first-order chi connectivity index (χ1) is 17.2. The second kappa shape index (κ2) is 10.4. The van der Waals surface area contributed by atoms with Crippen LogP contribution in [0.4, 0.5) is 4.79 Å². The van der Waals surface area contributed by atoms with Gasteiger partial charge in [-0.25, -0.2) is 9.59 Å². The Morgan fingerprint density at radius 1 is 0.973 bits per heavy atom. The molecule has 1 aliphatic rings. The average molecular weight is 511 g/mol. The summed E-state index contributed by atoms with van der Waals surface area (Å²) in [5.74, 6) is -1.05. The fraction of sp³-hybridized carbons (Fsp3) is 0.483. The largest absolute Gasteiger partial charge is 0.496 e. The predicted molar refractivity (Wildman–Crippen MR) is 141 cm³/mol. The van der Waals surface area contributed by atoms with Gasteiger partial charge in [-0.05, 0) is 49.4 Å². The molecule has 1 aliphatic heterocycles. The third kappa shape index (κ3) is 6.24. The van der Waals surface area contributed by atoms with Crippen molar-refractivity contribution in [1.29, 1.82) is 0 Å². The first kappa shape index (κ1) is 28.0. The molecule has 3 rings (SSSR count). The summed E-state index contributed by atoms with van der Waals surface area (Å²) in [6.45, 7) is 11.4. The molecule has 8 heteroatoms. The number of carbonyl (C=O) groups excluding carboxylic acids is 2. The Morgan fingerprint density at radius 3 is 2.16 bits per heavy atom. The maximum absolute atomic E-state index is 13.9. The number of rotatable bonds is 5. The molecule has 0 aliphatic carbocycles. The molecule has 0 radical (unpaired) electrons. The molecular weight excluding hydrogens is 472 g/mol. The highest BCUT2D eigenvalue weighted by molar-refractivity contribution is 5.99. The predicted octanol–water partition coefficient (Wildman–Crippen LogP) is 4.75. The van der Waals surface area contributed by atoms with Crippen molar-refractivity contribution in [3.05, 3.63) is 65.2 Å². The van der Waals surface area contributed by atoms with Crippen molar-refractivity contribution in [2.45, 2.75) is 64.5 Å². The SMILES string of the molecule is COc1cc(C(=O)N2CCN(C(=O)OC(C)(C)C)CC2(Cc2ccccc2)C(=O)O)ccc1C(C)(C)C. The number of nitrogens with zero attached hydrogens (tertiary/aromatic N) is 2. The Morgan fingerprint density at radius 2 is 1.62 bits per heavy atom. The second-order valence-electron chi connectivity index (χ2n) is 11.5.